The fraction of sp³-hybridized carbons (Fsp3) is 0.185. The largest absolute Gasteiger partial charge is 0.457 e. The second kappa shape index (κ2) is 8.09. The summed E-state index contributed by atoms with van der Waals surface area (Å²) in [6, 6.07) is 21.9. The van der Waals surface area contributed by atoms with Crippen molar-refractivity contribution in [2.75, 3.05) is 11.5 Å². The molecule has 1 amide bonds. The Labute approximate surface area is 201 Å². The normalized spacial score (nSPS) is 20.8. The van der Waals surface area contributed by atoms with Crippen LogP contribution >= 0.6 is 0 Å². The summed E-state index contributed by atoms with van der Waals surface area (Å²) in [5.74, 6) is 0.555. The third kappa shape index (κ3) is 3.70. The lowest BCUT2D eigenvalue weighted by atomic mass is 9.97. The van der Waals surface area contributed by atoms with E-state index in [1.54, 1.807) is 42.5 Å². The number of fused-ring (bicyclic) bond motifs is 2. The van der Waals surface area contributed by atoms with E-state index in [-0.39, 0.29) is 28.3 Å². The maximum atomic E-state index is 13.6. The van der Waals surface area contributed by atoms with E-state index in [4.69, 9.17) is 9.15 Å². The van der Waals surface area contributed by atoms with Crippen molar-refractivity contribution >= 4 is 26.7 Å². The highest BCUT2D eigenvalue weighted by Crippen LogP contribution is 2.42. The van der Waals surface area contributed by atoms with E-state index in [0.717, 1.165) is 0 Å². The minimum Gasteiger partial charge on any atom is -0.457 e. The lowest BCUT2D eigenvalue weighted by molar-refractivity contribution is 0.0662. The number of ether oxygens (including phenoxy) is 1. The van der Waals surface area contributed by atoms with Gasteiger partial charge in [-0.05, 0) is 48.4 Å². The summed E-state index contributed by atoms with van der Waals surface area (Å²) in [6.45, 7) is 0. The van der Waals surface area contributed by atoms with Crippen molar-refractivity contribution in [1.82, 2.24) is 4.90 Å². The van der Waals surface area contributed by atoms with Gasteiger partial charge in [-0.2, -0.15) is 0 Å². The number of nitrogens with zero attached hydrogens (tertiary/aromatic N) is 1. The number of amides is 1. The van der Waals surface area contributed by atoms with Crippen molar-refractivity contribution in [3.05, 3.63) is 106 Å². The summed E-state index contributed by atoms with van der Waals surface area (Å²) in [4.78, 5) is 28.8. The molecule has 2 unspecified atom stereocenters. The highest BCUT2D eigenvalue weighted by atomic mass is 32.2. The molecule has 0 bridgehead atoms. The number of hydrogen-bond donors (Lipinski definition) is 0. The number of carbonyl (C=O) groups is 1. The number of sulfone groups is 1. The van der Waals surface area contributed by atoms with Crippen LogP contribution in [0.1, 0.15) is 34.1 Å². The topological polar surface area (TPSA) is 93.9 Å². The Morgan fingerprint density at radius 2 is 1.63 bits per heavy atom. The van der Waals surface area contributed by atoms with Gasteiger partial charge in [-0.25, -0.2) is 8.42 Å². The van der Waals surface area contributed by atoms with E-state index in [1.165, 1.54) is 4.90 Å². The zero-order valence-electron chi connectivity index (χ0n) is 18.6. The number of rotatable bonds is 4. The molecule has 7 nitrogen and oxygen atoms in total. The van der Waals surface area contributed by atoms with Crippen LogP contribution in [-0.2, 0) is 9.84 Å². The van der Waals surface area contributed by atoms with Crippen LogP contribution in [0.4, 0.5) is 0 Å². The standard InChI is InChI=1S/C27H21NO6S/c29-25-21-11-4-5-12-22(21)34-26-23(25)24(28(27(26)30)18-13-14-35(31,32)16-18)17-7-6-10-20(15-17)33-19-8-2-1-3-9-19/h1-12,15,18,24H,13-14,16H2. The molecule has 2 atom stereocenters. The van der Waals surface area contributed by atoms with Crippen molar-refractivity contribution in [3.8, 4) is 11.5 Å². The third-order valence-corrected chi connectivity index (χ3v) is 8.32. The molecule has 0 radical (unpaired) electrons. The maximum absolute atomic E-state index is 13.6. The number of carbonyl (C=O) groups excluding carboxylic acids is 1. The van der Waals surface area contributed by atoms with E-state index in [2.05, 4.69) is 0 Å². The summed E-state index contributed by atoms with van der Waals surface area (Å²) in [5.41, 5.74) is 0.913. The minimum absolute atomic E-state index is 0.00498. The van der Waals surface area contributed by atoms with E-state index >= 15 is 0 Å². The first-order valence-electron chi connectivity index (χ1n) is 11.3. The van der Waals surface area contributed by atoms with Crippen molar-refractivity contribution in [3.63, 3.8) is 0 Å². The van der Waals surface area contributed by atoms with Crippen LogP contribution in [0.25, 0.3) is 11.0 Å². The van der Waals surface area contributed by atoms with Crippen LogP contribution in [0.15, 0.2) is 88.1 Å². The van der Waals surface area contributed by atoms with Gasteiger partial charge in [-0.3, -0.25) is 9.59 Å². The summed E-state index contributed by atoms with van der Waals surface area (Å²) in [7, 11) is -3.27. The average Bonchev–Trinajstić information content (AvgIpc) is 3.36. The van der Waals surface area contributed by atoms with Gasteiger partial charge in [0.1, 0.15) is 17.1 Å². The molecule has 0 spiro atoms. The minimum atomic E-state index is -3.27. The molecule has 0 aliphatic carbocycles. The summed E-state index contributed by atoms with van der Waals surface area (Å²) in [5, 5.41) is 0.377. The first-order chi connectivity index (χ1) is 16.9. The van der Waals surface area contributed by atoms with Crippen LogP contribution in [0, 0.1) is 0 Å². The Morgan fingerprint density at radius 1 is 0.886 bits per heavy atom. The van der Waals surface area contributed by atoms with Gasteiger partial charge in [0.25, 0.3) is 5.91 Å². The lowest BCUT2D eigenvalue weighted by Crippen LogP contribution is -2.40. The molecular weight excluding hydrogens is 466 g/mol. The number of benzene rings is 3. The van der Waals surface area contributed by atoms with Crippen molar-refractivity contribution in [2.24, 2.45) is 0 Å². The molecule has 6 rings (SSSR count). The van der Waals surface area contributed by atoms with Gasteiger partial charge in [0, 0.05) is 6.04 Å². The summed E-state index contributed by atoms with van der Waals surface area (Å²) < 4.78 is 36.5. The van der Waals surface area contributed by atoms with Gasteiger partial charge in [0.05, 0.1) is 28.5 Å². The number of hydrogen-bond acceptors (Lipinski definition) is 6. The molecule has 1 saturated heterocycles. The molecule has 1 fully saturated rings. The van der Waals surface area contributed by atoms with Gasteiger partial charge in [0.2, 0.25) is 5.76 Å². The molecule has 4 aromatic rings. The highest BCUT2D eigenvalue weighted by Gasteiger charge is 2.48. The zero-order chi connectivity index (χ0) is 24.2. The van der Waals surface area contributed by atoms with Gasteiger partial charge in [-0.1, -0.05) is 42.5 Å². The second-order valence-electron chi connectivity index (χ2n) is 8.83. The molecule has 1 aromatic heterocycles. The fourth-order valence-corrected chi connectivity index (χ4v) is 6.72. The monoisotopic (exact) mass is 487 g/mol. The predicted octanol–water partition coefficient (Wildman–Crippen LogP) is 4.32. The Morgan fingerprint density at radius 3 is 2.40 bits per heavy atom. The van der Waals surface area contributed by atoms with E-state index in [1.807, 2.05) is 36.4 Å². The smallest absolute Gasteiger partial charge is 0.291 e. The molecule has 3 aromatic carbocycles. The zero-order valence-corrected chi connectivity index (χ0v) is 19.4. The van der Waals surface area contributed by atoms with Gasteiger partial charge < -0.3 is 14.1 Å². The Kier molecular flexibility index (Phi) is 5.00. The summed E-state index contributed by atoms with van der Waals surface area (Å²) in [6.07, 6.45) is 0.312. The molecule has 2 aliphatic rings. The molecule has 176 valence electrons. The maximum Gasteiger partial charge on any atom is 0.291 e. The molecule has 0 saturated carbocycles. The molecular formula is C27H21NO6S. The van der Waals surface area contributed by atoms with Crippen LogP contribution < -0.4 is 10.2 Å². The summed E-state index contributed by atoms with van der Waals surface area (Å²) >= 11 is 0. The van der Waals surface area contributed by atoms with Crippen molar-refractivity contribution < 1.29 is 22.4 Å². The SMILES string of the molecule is O=C1c2oc3ccccc3c(=O)c2C(c2cccc(Oc3ccccc3)c2)N1C1CCS(=O)(=O)C1. The van der Waals surface area contributed by atoms with Crippen molar-refractivity contribution in [2.45, 2.75) is 18.5 Å². The first kappa shape index (κ1) is 21.6. The lowest BCUT2D eigenvalue weighted by Gasteiger charge is -2.30. The molecule has 0 N–H and O–H groups in total. The highest BCUT2D eigenvalue weighted by molar-refractivity contribution is 7.91. The first-order valence-corrected chi connectivity index (χ1v) is 13.2. The van der Waals surface area contributed by atoms with Crippen LogP contribution in [0.3, 0.4) is 0 Å². The predicted molar refractivity (Wildman–Crippen MR) is 131 cm³/mol. The average molecular weight is 488 g/mol. The molecule has 35 heavy (non-hydrogen) atoms. The molecule has 3 heterocycles. The molecule has 2 aliphatic heterocycles. The van der Waals surface area contributed by atoms with Gasteiger partial charge >= 0.3 is 0 Å². The molecule has 8 heteroatoms. The fourth-order valence-electron chi connectivity index (χ4n) is 5.01. The Hall–Kier alpha value is -3.91. The van der Waals surface area contributed by atoms with Crippen LogP contribution in [0.5, 0.6) is 11.5 Å². The van der Waals surface area contributed by atoms with Gasteiger partial charge in [0.15, 0.2) is 15.3 Å². The van der Waals surface area contributed by atoms with Crippen LogP contribution in [-0.4, -0.2) is 36.8 Å². The Bertz CT molecular complexity index is 1630. The quantitative estimate of drug-likeness (QED) is 0.426. The van der Waals surface area contributed by atoms with Crippen LogP contribution in [0.2, 0.25) is 0 Å². The Balaban J connectivity index is 1.52. The van der Waals surface area contributed by atoms with E-state index in [9.17, 15) is 18.0 Å². The van der Waals surface area contributed by atoms with E-state index < -0.39 is 27.8 Å². The van der Waals surface area contributed by atoms with Gasteiger partial charge in [-0.15, -0.1) is 0 Å². The number of para-hydroxylation sites is 2. The third-order valence-electron chi connectivity index (χ3n) is 6.57. The second-order valence-corrected chi connectivity index (χ2v) is 11.1. The van der Waals surface area contributed by atoms with Crippen molar-refractivity contribution in [1.29, 1.82) is 0 Å². The van der Waals surface area contributed by atoms with E-state index in [0.29, 0.717) is 34.5 Å².